The summed E-state index contributed by atoms with van der Waals surface area (Å²) in [5, 5.41) is 0. The van der Waals surface area contributed by atoms with Crippen molar-refractivity contribution in [1.29, 1.82) is 0 Å². The maximum Gasteiger partial charge on any atom is 0.0352 e. The summed E-state index contributed by atoms with van der Waals surface area (Å²) in [6.07, 6.45) is 13.8. The van der Waals surface area contributed by atoms with Crippen molar-refractivity contribution in [3.05, 3.63) is 29.8 Å². The van der Waals surface area contributed by atoms with Crippen LogP contribution in [0, 0.1) is 0 Å². The number of anilines is 1. The van der Waals surface area contributed by atoms with Crippen molar-refractivity contribution in [3.63, 3.8) is 0 Å². The van der Waals surface area contributed by atoms with Gasteiger partial charge in [0.15, 0.2) is 0 Å². The molecular formula is C20H35N. The van der Waals surface area contributed by atoms with Crippen molar-refractivity contribution in [2.75, 3.05) is 5.73 Å². The number of hydrogen-bond acceptors (Lipinski definition) is 1. The van der Waals surface area contributed by atoms with Gasteiger partial charge in [-0.25, -0.2) is 0 Å². The molecule has 0 radical (unpaired) electrons. The van der Waals surface area contributed by atoms with Gasteiger partial charge in [0.25, 0.3) is 0 Å². The fourth-order valence-corrected chi connectivity index (χ4v) is 3.13. The van der Waals surface area contributed by atoms with E-state index in [1.54, 1.807) is 0 Å². The number of nitrogens with two attached hydrogens (primary N) is 1. The van der Waals surface area contributed by atoms with Gasteiger partial charge in [-0.3, -0.25) is 0 Å². The highest BCUT2D eigenvalue weighted by Crippen LogP contribution is 2.33. The van der Waals surface area contributed by atoms with Gasteiger partial charge in [0.2, 0.25) is 0 Å². The van der Waals surface area contributed by atoms with Crippen LogP contribution in [-0.4, -0.2) is 0 Å². The number of unbranched alkanes of at least 4 members (excludes halogenated alkanes) is 8. The Hall–Kier alpha value is -0.980. The van der Waals surface area contributed by atoms with Gasteiger partial charge in [-0.15, -0.1) is 0 Å². The molecule has 120 valence electrons. The zero-order valence-corrected chi connectivity index (χ0v) is 14.5. The molecule has 0 bridgehead atoms. The fourth-order valence-electron chi connectivity index (χ4n) is 3.13. The Balaban J connectivity index is 2.16. The number of hydrogen-bond donors (Lipinski definition) is 1. The third kappa shape index (κ3) is 7.02. The molecule has 0 saturated heterocycles. The fraction of sp³-hybridized carbons (Fsp3) is 0.700. The summed E-state index contributed by atoms with van der Waals surface area (Å²) in [5.41, 5.74) is 8.57. The Kier molecular flexibility index (Phi) is 8.49. The van der Waals surface area contributed by atoms with Crippen LogP contribution in [0.3, 0.4) is 0 Å². The molecule has 0 aliphatic heterocycles. The van der Waals surface area contributed by atoms with Gasteiger partial charge in [-0.2, -0.15) is 0 Å². The van der Waals surface area contributed by atoms with Crippen molar-refractivity contribution in [2.45, 2.75) is 90.4 Å². The highest BCUT2D eigenvalue weighted by atomic mass is 14.6. The molecule has 0 atom stereocenters. The second-order valence-corrected chi connectivity index (χ2v) is 7.05. The molecule has 0 amide bonds. The summed E-state index contributed by atoms with van der Waals surface area (Å²) in [5.74, 6) is 0. The molecule has 0 heterocycles. The average molecular weight is 290 g/mol. The Labute approximate surface area is 132 Å². The zero-order chi connectivity index (χ0) is 15.6. The molecule has 0 aliphatic rings. The van der Waals surface area contributed by atoms with Crippen LogP contribution in [0.5, 0.6) is 0 Å². The van der Waals surface area contributed by atoms with Crippen LogP contribution < -0.4 is 5.73 Å². The lowest BCUT2D eigenvalue weighted by molar-refractivity contribution is 0.442. The minimum Gasteiger partial charge on any atom is -0.398 e. The van der Waals surface area contributed by atoms with Gasteiger partial charge < -0.3 is 5.73 Å². The van der Waals surface area contributed by atoms with Gasteiger partial charge in [0.05, 0.1) is 0 Å². The maximum absolute atomic E-state index is 6.12. The second kappa shape index (κ2) is 9.87. The van der Waals surface area contributed by atoms with E-state index < -0.39 is 0 Å². The predicted molar refractivity (Wildman–Crippen MR) is 95.7 cm³/mol. The largest absolute Gasteiger partial charge is 0.398 e. The first-order valence-corrected chi connectivity index (χ1v) is 8.93. The summed E-state index contributed by atoms with van der Waals surface area (Å²) in [4.78, 5) is 0. The Morgan fingerprint density at radius 3 is 1.90 bits per heavy atom. The first-order valence-electron chi connectivity index (χ1n) is 8.93. The van der Waals surface area contributed by atoms with E-state index in [4.69, 9.17) is 5.73 Å². The molecule has 0 aromatic heterocycles. The molecular weight excluding hydrogens is 254 g/mol. The van der Waals surface area contributed by atoms with Crippen molar-refractivity contribution >= 4 is 5.69 Å². The first-order chi connectivity index (χ1) is 10.1. The van der Waals surface area contributed by atoms with Crippen LogP contribution in [-0.2, 0) is 5.41 Å². The standard InChI is InChI=1S/C20H35N/c1-4-5-6-7-8-9-10-11-14-17-20(2,3)18-15-12-13-16-19(18)21/h12-13,15-16H,4-11,14,17,21H2,1-3H3. The van der Waals surface area contributed by atoms with Crippen LogP contribution >= 0.6 is 0 Å². The Morgan fingerprint density at radius 1 is 0.810 bits per heavy atom. The number of para-hydroxylation sites is 1. The highest BCUT2D eigenvalue weighted by Gasteiger charge is 2.21. The predicted octanol–water partition coefficient (Wildman–Crippen LogP) is 6.47. The average Bonchev–Trinajstić information content (AvgIpc) is 2.46. The van der Waals surface area contributed by atoms with Gasteiger partial charge in [0.1, 0.15) is 0 Å². The number of benzene rings is 1. The summed E-state index contributed by atoms with van der Waals surface area (Å²) in [7, 11) is 0. The molecule has 21 heavy (non-hydrogen) atoms. The van der Waals surface area contributed by atoms with Gasteiger partial charge in [-0.05, 0) is 23.5 Å². The van der Waals surface area contributed by atoms with Crippen LogP contribution in [0.25, 0.3) is 0 Å². The van der Waals surface area contributed by atoms with E-state index in [9.17, 15) is 0 Å². The van der Waals surface area contributed by atoms with Gasteiger partial charge in [-0.1, -0.05) is 96.8 Å². The Morgan fingerprint density at radius 2 is 1.33 bits per heavy atom. The smallest absolute Gasteiger partial charge is 0.0352 e. The van der Waals surface area contributed by atoms with Crippen LogP contribution in [0.2, 0.25) is 0 Å². The van der Waals surface area contributed by atoms with Gasteiger partial charge in [0, 0.05) is 5.69 Å². The molecule has 0 aliphatic carbocycles. The third-order valence-corrected chi connectivity index (χ3v) is 4.60. The molecule has 0 saturated carbocycles. The monoisotopic (exact) mass is 289 g/mol. The lowest BCUT2D eigenvalue weighted by Gasteiger charge is -2.26. The number of rotatable bonds is 11. The van der Waals surface area contributed by atoms with E-state index in [2.05, 4.69) is 32.9 Å². The van der Waals surface area contributed by atoms with E-state index in [1.807, 2.05) is 12.1 Å². The van der Waals surface area contributed by atoms with Crippen molar-refractivity contribution in [3.8, 4) is 0 Å². The molecule has 1 aromatic carbocycles. The van der Waals surface area contributed by atoms with Crippen molar-refractivity contribution in [2.24, 2.45) is 0 Å². The molecule has 1 aromatic rings. The van der Waals surface area contributed by atoms with Crippen LogP contribution in [0.1, 0.15) is 90.5 Å². The van der Waals surface area contributed by atoms with E-state index in [-0.39, 0.29) is 5.41 Å². The Bertz CT molecular complexity index is 381. The third-order valence-electron chi connectivity index (χ3n) is 4.60. The van der Waals surface area contributed by atoms with E-state index >= 15 is 0 Å². The molecule has 1 rings (SSSR count). The van der Waals surface area contributed by atoms with Gasteiger partial charge >= 0.3 is 0 Å². The molecule has 2 N–H and O–H groups in total. The summed E-state index contributed by atoms with van der Waals surface area (Å²) >= 11 is 0. The SMILES string of the molecule is CCCCCCCCCCCC(C)(C)c1ccccc1N. The summed E-state index contributed by atoms with van der Waals surface area (Å²) in [6, 6.07) is 8.33. The van der Waals surface area contributed by atoms with Crippen molar-refractivity contribution in [1.82, 2.24) is 0 Å². The summed E-state index contributed by atoms with van der Waals surface area (Å²) in [6.45, 7) is 6.92. The lowest BCUT2D eigenvalue weighted by atomic mass is 9.79. The molecule has 0 fully saturated rings. The first kappa shape index (κ1) is 18.1. The van der Waals surface area contributed by atoms with Crippen LogP contribution in [0.15, 0.2) is 24.3 Å². The van der Waals surface area contributed by atoms with E-state index in [0.29, 0.717) is 0 Å². The maximum atomic E-state index is 6.12. The van der Waals surface area contributed by atoms with E-state index in [0.717, 1.165) is 5.69 Å². The molecule has 0 unspecified atom stereocenters. The van der Waals surface area contributed by atoms with Crippen molar-refractivity contribution < 1.29 is 0 Å². The normalized spacial score (nSPS) is 11.8. The molecule has 1 heteroatoms. The number of nitrogen functional groups attached to an aromatic ring is 1. The highest BCUT2D eigenvalue weighted by molar-refractivity contribution is 5.50. The minimum atomic E-state index is 0.201. The van der Waals surface area contributed by atoms with Crippen LogP contribution in [0.4, 0.5) is 5.69 Å². The topological polar surface area (TPSA) is 26.0 Å². The molecule has 1 nitrogen and oxygen atoms in total. The minimum absolute atomic E-state index is 0.201. The van der Waals surface area contributed by atoms with E-state index in [1.165, 1.54) is 69.8 Å². The lowest BCUT2D eigenvalue weighted by Crippen LogP contribution is -2.18. The summed E-state index contributed by atoms with van der Waals surface area (Å²) < 4.78 is 0. The second-order valence-electron chi connectivity index (χ2n) is 7.05. The zero-order valence-electron chi connectivity index (χ0n) is 14.5. The quantitative estimate of drug-likeness (QED) is 0.367. The molecule has 0 spiro atoms.